The molecule has 1 aromatic rings. The second kappa shape index (κ2) is 5.23. The van der Waals surface area contributed by atoms with Crippen molar-refractivity contribution in [3.05, 3.63) is 22.4 Å². The highest BCUT2D eigenvalue weighted by Crippen LogP contribution is 2.20. The van der Waals surface area contributed by atoms with Crippen molar-refractivity contribution in [3.8, 4) is 0 Å². The summed E-state index contributed by atoms with van der Waals surface area (Å²) in [5.41, 5.74) is 0. The lowest BCUT2D eigenvalue weighted by molar-refractivity contribution is 0.430. The summed E-state index contributed by atoms with van der Waals surface area (Å²) in [7, 11) is -0.550. The van der Waals surface area contributed by atoms with Crippen LogP contribution in [-0.2, 0) is 10.8 Å². The minimum absolute atomic E-state index is 0.432. The van der Waals surface area contributed by atoms with Crippen molar-refractivity contribution in [3.63, 3.8) is 0 Å². The minimum atomic E-state index is -0.550. The van der Waals surface area contributed by atoms with Gasteiger partial charge in [0.1, 0.15) is 0 Å². The Morgan fingerprint density at radius 3 is 2.87 bits per heavy atom. The molecule has 84 valence electrons. The molecular weight excluding hydrogens is 226 g/mol. The number of nitrogens with one attached hydrogen (secondary N) is 1. The summed E-state index contributed by atoms with van der Waals surface area (Å²) in [5, 5.41) is 5.73. The summed E-state index contributed by atoms with van der Waals surface area (Å²) >= 11 is 1.80. The van der Waals surface area contributed by atoms with Crippen molar-refractivity contribution >= 4 is 22.1 Å². The molecule has 0 unspecified atom stereocenters. The van der Waals surface area contributed by atoms with E-state index in [4.69, 9.17) is 0 Å². The maximum atomic E-state index is 11.2. The van der Waals surface area contributed by atoms with Gasteiger partial charge in [-0.1, -0.05) is 6.07 Å². The average molecular weight is 243 g/mol. The number of rotatable bonds is 3. The monoisotopic (exact) mass is 243 g/mol. The van der Waals surface area contributed by atoms with Crippen LogP contribution in [0.5, 0.6) is 0 Å². The molecule has 2 rings (SSSR count). The van der Waals surface area contributed by atoms with Crippen LogP contribution in [-0.4, -0.2) is 21.8 Å². The van der Waals surface area contributed by atoms with Gasteiger partial charge in [0.05, 0.1) is 0 Å². The minimum Gasteiger partial charge on any atom is -0.307 e. The Labute approximate surface area is 97.5 Å². The highest BCUT2D eigenvalue weighted by atomic mass is 32.2. The molecule has 1 fully saturated rings. The zero-order valence-corrected chi connectivity index (χ0v) is 10.6. The van der Waals surface area contributed by atoms with Gasteiger partial charge in [0.2, 0.25) is 0 Å². The van der Waals surface area contributed by atoms with Crippen molar-refractivity contribution in [2.24, 2.45) is 0 Å². The highest BCUT2D eigenvalue weighted by molar-refractivity contribution is 7.85. The van der Waals surface area contributed by atoms with Crippen LogP contribution in [0.1, 0.15) is 30.7 Å². The first kappa shape index (κ1) is 11.3. The zero-order chi connectivity index (χ0) is 10.7. The summed E-state index contributed by atoms with van der Waals surface area (Å²) in [6.45, 7) is 2.21. The van der Waals surface area contributed by atoms with Crippen LogP contribution in [0.4, 0.5) is 0 Å². The molecule has 1 atom stereocenters. The van der Waals surface area contributed by atoms with E-state index in [1.165, 1.54) is 4.88 Å². The topological polar surface area (TPSA) is 29.1 Å². The molecule has 1 aliphatic heterocycles. The van der Waals surface area contributed by atoms with Gasteiger partial charge in [-0.15, -0.1) is 11.3 Å². The lowest BCUT2D eigenvalue weighted by Crippen LogP contribution is -2.36. The van der Waals surface area contributed by atoms with Crippen LogP contribution in [0.2, 0.25) is 0 Å². The van der Waals surface area contributed by atoms with Gasteiger partial charge in [-0.05, 0) is 31.2 Å². The average Bonchev–Trinajstić information content (AvgIpc) is 2.74. The van der Waals surface area contributed by atoms with Crippen molar-refractivity contribution < 1.29 is 4.21 Å². The first-order chi connectivity index (χ1) is 7.25. The van der Waals surface area contributed by atoms with Crippen LogP contribution in [0.3, 0.4) is 0 Å². The number of thiophene rings is 1. The molecule has 4 heteroatoms. The quantitative estimate of drug-likeness (QED) is 0.882. The maximum Gasteiger partial charge on any atom is 0.0388 e. The first-order valence-corrected chi connectivity index (χ1v) is 7.77. The maximum absolute atomic E-state index is 11.2. The Kier molecular flexibility index (Phi) is 3.94. The Balaban J connectivity index is 1.84. The molecule has 0 bridgehead atoms. The van der Waals surface area contributed by atoms with E-state index in [0.717, 1.165) is 24.3 Å². The van der Waals surface area contributed by atoms with Crippen LogP contribution in [0.25, 0.3) is 0 Å². The third-order valence-electron chi connectivity index (χ3n) is 2.84. The largest absolute Gasteiger partial charge is 0.307 e. The number of hydrogen-bond acceptors (Lipinski definition) is 3. The summed E-state index contributed by atoms with van der Waals surface area (Å²) in [4.78, 5) is 1.39. The van der Waals surface area contributed by atoms with E-state index in [9.17, 15) is 4.21 Å². The lowest BCUT2D eigenvalue weighted by atomic mass is 10.1. The number of hydrogen-bond donors (Lipinski definition) is 1. The van der Waals surface area contributed by atoms with Gasteiger partial charge in [-0.3, -0.25) is 4.21 Å². The van der Waals surface area contributed by atoms with Crippen LogP contribution >= 0.6 is 11.3 Å². The molecular formula is C11H17NOS2. The molecule has 15 heavy (non-hydrogen) atoms. The molecule has 1 aliphatic rings. The standard InChI is InChI=1S/C11H17NOS2/c1-9(11-3-2-6-14-11)12-10-4-7-15(13)8-5-10/h2-3,6,9-10,12H,4-5,7-8H2,1H3/t9-,10?,15?/m1/s1. The van der Waals surface area contributed by atoms with Gasteiger partial charge in [-0.25, -0.2) is 0 Å². The van der Waals surface area contributed by atoms with Crippen molar-refractivity contribution in [2.45, 2.75) is 31.8 Å². The molecule has 1 N–H and O–H groups in total. The van der Waals surface area contributed by atoms with Crippen LogP contribution in [0.15, 0.2) is 17.5 Å². The van der Waals surface area contributed by atoms with Gasteiger partial charge in [0.15, 0.2) is 0 Å². The Morgan fingerprint density at radius 2 is 2.27 bits per heavy atom. The second-order valence-corrected chi connectivity index (χ2v) is 6.70. The Hall–Kier alpha value is -0.190. The van der Waals surface area contributed by atoms with Gasteiger partial charge in [0.25, 0.3) is 0 Å². The molecule has 0 aliphatic carbocycles. The van der Waals surface area contributed by atoms with Gasteiger partial charge in [-0.2, -0.15) is 0 Å². The fourth-order valence-electron chi connectivity index (χ4n) is 1.93. The predicted octanol–water partition coefficient (Wildman–Crippen LogP) is 2.31. The van der Waals surface area contributed by atoms with E-state index in [0.29, 0.717) is 12.1 Å². The Morgan fingerprint density at radius 1 is 1.53 bits per heavy atom. The van der Waals surface area contributed by atoms with E-state index in [1.807, 2.05) is 0 Å². The lowest BCUT2D eigenvalue weighted by Gasteiger charge is -2.25. The molecule has 0 spiro atoms. The smallest absolute Gasteiger partial charge is 0.0388 e. The highest BCUT2D eigenvalue weighted by Gasteiger charge is 2.19. The Bertz CT molecular complexity index is 313. The van der Waals surface area contributed by atoms with E-state index < -0.39 is 10.8 Å². The molecule has 1 saturated heterocycles. The van der Waals surface area contributed by atoms with E-state index >= 15 is 0 Å². The summed E-state index contributed by atoms with van der Waals surface area (Å²) in [6, 6.07) is 5.25. The molecule has 0 aromatic carbocycles. The van der Waals surface area contributed by atoms with Gasteiger partial charge < -0.3 is 5.32 Å². The normalized spacial score (nSPS) is 28.9. The van der Waals surface area contributed by atoms with E-state index in [1.54, 1.807) is 11.3 Å². The molecule has 0 radical (unpaired) electrons. The zero-order valence-electron chi connectivity index (χ0n) is 8.94. The van der Waals surface area contributed by atoms with Crippen molar-refractivity contribution in [2.75, 3.05) is 11.5 Å². The second-order valence-electron chi connectivity index (χ2n) is 4.03. The molecule has 0 saturated carbocycles. The van der Waals surface area contributed by atoms with E-state index in [2.05, 4.69) is 29.8 Å². The van der Waals surface area contributed by atoms with Crippen LogP contribution in [0, 0.1) is 0 Å². The fraction of sp³-hybridized carbons (Fsp3) is 0.636. The summed E-state index contributed by atoms with van der Waals surface area (Å²) in [6.07, 6.45) is 2.12. The van der Waals surface area contributed by atoms with Crippen LogP contribution < -0.4 is 5.32 Å². The predicted molar refractivity (Wildman–Crippen MR) is 66.8 cm³/mol. The van der Waals surface area contributed by atoms with Gasteiger partial charge >= 0.3 is 0 Å². The van der Waals surface area contributed by atoms with Gasteiger partial charge in [0, 0.05) is 39.3 Å². The van der Waals surface area contributed by atoms with Crippen molar-refractivity contribution in [1.29, 1.82) is 0 Å². The fourth-order valence-corrected chi connectivity index (χ4v) is 3.98. The molecule has 2 nitrogen and oxygen atoms in total. The third-order valence-corrected chi connectivity index (χ3v) is 5.28. The van der Waals surface area contributed by atoms with Crippen molar-refractivity contribution in [1.82, 2.24) is 5.32 Å². The summed E-state index contributed by atoms with van der Waals surface area (Å²) < 4.78 is 11.2. The molecule has 0 amide bonds. The SMILES string of the molecule is C[C@@H](NC1CCS(=O)CC1)c1cccs1. The molecule has 1 aromatic heterocycles. The molecule has 2 heterocycles. The third kappa shape index (κ3) is 3.13. The van der Waals surface area contributed by atoms with E-state index in [-0.39, 0.29) is 0 Å². The first-order valence-electron chi connectivity index (χ1n) is 5.40. The summed E-state index contributed by atoms with van der Waals surface area (Å²) in [5.74, 6) is 1.74.